The smallest absolute Gasteiger partial charge is 0.271 e. The van der Waals surface area contributed by atoms with Gasteiger partial charge in [0.2, 0.25) is 6.79 Å². The Bertz CT molecular complexity index is 883. The highest BCUT2D eigenvalue weighted by molar-refractivity contribution is 9.10. The first-order chi connectivity index (χ1) is 13.0. The highest BCUT2D eigenvalue weighted by atomic mass is 79.9. The number of amides is 1. The molecule has 0 radical (unpaired) electrons. The summed E-state index contributed by atoms with van der Waals surface area (Å²) in [6.45, 7) is 4.03. The highest BCUT2D eigenvalue weighted by Crippen LogP contribution is 2.36. The van der Waals surface area contributed by atoms with E-state index in [1.54, 1.807) is 30.3 Å². The van der Waals surface area contributed by atoms with Crippen molar-refractivity contribution in [2.24, 2.45) is 5.10 Å². The van der Waals surface area contributed by atoms with E-state index in [0.29, 0.717) is 28.6 Å². The van der Waals surface area contributed by atoms with Crippen LogP contribution in [0.15, 0.2) is 39.9 Å². The molecule has 142 valence electrons. The Morgan fingerprint density at radius 3 is 2.67 bits per heavy atom. The molecule has 0 unspecified atom stereocenters. The molecule has 0 aliphatic carbocycles. The van der Waals surface area contributed by atoms with Crippen LogP contribution in [-0.4, -0.2) is 32.1 Å². The van der Waals surface area contributed by atoms with Gasteiger partial charge in [-0.2, -0.15) is 5.10 Å². The van der Waals surface area contributed by atoms with Crippen LogP contribution in [0.5, 0.6) is 23.0 Å². The number of carbonyl (C=O) groups excluding carboxylic acids is 1. The van der Waals surface area contributed by atoms with Crippen LogP contribution < -0.4 is 24.4 Å². The topological polar surface area (TPSA) is 78.4 Å². The number of benzene rings is 2. The number of nitrogens with one attached hydrogen (secondary N) is 1. The predicted octanol–water partition coefficient (Wildman–Crippen LogP) is 3.74. The third-order valence-corrected chi connectivity index (χ3v) is 4.34. The summed E-state index contributed by atoms with van der Waals surface area (Å²) in [7, 11) is 1.53. The minimum Gasteiger partial charge on any atom is -0.493 e. The van der Waals surface area contributed by atoms with Gasteiger partial charge in [0, 0.05) is 15.6 Å². The molecule has 0 bridgehead atoms. The molecule has 1 heterocycles. The minimum atomic E-state index is -0.363. The number of hydrazone groups is 1. The molecule has 0 saturated carbocycles. The van der Waals surface area contributed by atoms with Gasteiger partial charge in [0.05, 0.1) is 19.4 Å². The summed E-state index contributed by atoms with van der Waals surface area (Å²) in [5.74, 6) is 2.00. The van der Waals surface area contributed by atoms with Crippen LogP contribution in [0.25, 0.3) is 0 Å². The second kappa shape index (κ2) is 8.30. The quantitative estimate of drug-likeness (QED) is 0.553. The molecule has 1 aliphatic heterocycles. The van der Waals surface area contributed by atoms with E-state index in [0.717, 1.165) is 10.0 Å². The third-order valence-electron chi connectivity index (χ3n) is 3.65. The van der Waals surface area contributed by atoms with E-state index in [-0.39, 0.29) is 18.8 Å². The van der Waals surface area contributed by atoms with Crippen LogP contribution in [0.2, 0.25) is 0 Å². The molecule has 1 amide bonds. The summed E-state index contributed by atoms with van der Waals surface area (Å²) in [5, 5.41) is 4.01. The second-order valence-electron chi connectivity index (χ2n) is 5.96. The molecule has 0 aromatic heterocycles. The lowest BCUT2D eigenvalue weighted by Gasteiger charge is -2.14. The van der Waals surface area contributed by atoms with E-state index < -0.39 is 0 Å². The van der Waals surface area contributed by atoms with E-state index in [1.165, 1.54) is 13.3 Å². The van der Waals surface area contributed by atoms with Crippen molar-refractivity contribution in [3.63, 3.8) is 0 Å². The molecular formula is C19H19BrN2O5. The predicted molar refractivity (Wildman–Crippen MR) is 104 cm³/mol. The molecule has 0 fully saturated rings. The summed E-state index contributed by atoms with van der Waals surface area (Å²) in [4.78, 5) is 12.3. The molecule has 27 heavy (non-hydrogen) atoms. The number of ether oxygens (including phenoxy) is 4. The fourth-order valence-corrected chi connectivity index (χ4v) is 2.84. The first kappa shape index (κ1) is 19.0. The van der Waals surface area contributed by atoms with E-state index >= 15 is 0 Å². The summed E-state index contributed by atoms with van der Waals surface area (Å²) < 4.78 is 22.4. The van der Waals surface area contributed by atoms with E-state index in [4.69, 9.17) is 18.9 Å². The van der Waals surface area contributed by atoms with Gasteiger partial charge in [-0.3, -0.25) is 4.79 Å². The van der Waals surface area contributed by atoms with Gasteiger partial charge in [-0.05, 0) is 60.1 Å². The standard InChI is InChI=1S/C19H19BrN2O5/c1-11(2)27-15-5-4-12(6-16(15)24-3)19(23)22-21-9-13-7-17-18(8-14(13)20)26-10-25-17/h4-9,11H,10H2,1-3H3,(H,22,23)/b21-9+. The second-order valence-corrected chi connectivity index (χ2v) is 6.81. The summed E-state index contributed by atoms with van der Waals surface area (Å²) >= 11 is 3.44. The largest absolute Gasteiger partial charge is 0.493 e. The van der Waals surface area contributed by atoms with Crippen molar-refractivity contribution in [1.29, 1.82) is 0 Å². The Kier molecular flexibility index (Phi) is 5.85. The van der Waals surface area contributed by atoms with Gasteiger partial charge in [0.15, 0.2) is 23.0 Å². The zero-order chi connectivity index (χ0) is 19.4. The van der Waals surface area contributed by atoms with Crippen molar-refractivity contribution in [1.82, 2.24) is 5.43 Å². The molecule has 2 aromatic rings. The Hall–Kier alpha value is -2.74. The number of hydrogen-bond donors (Lipinski definition) is 1. The fraction of sp³-hybridized carbons (Fsp3) is 0.263. The summed E-state index contributed by atoms with van der Waals surface area (Å²) in [6.07, 6.45) is 1.53. The minimum absolute atomic E-state index is 0.00308. The lowest BCUT2D eigenvalue weighted by atomic mass is 10.2. The lowest BCUT2D eigenvalue weighted by molar-refractivity contribution is 0.0954. The van der Waals surface area contributed by atoms with Crippen LogP contribution >= 0.6 is 15.9 Å². The molecule has 2 aromatic carbocycles. The molecule has 8 heteroatoms. The van der Waals surface area contributed by atoms with Crippen LogP contribution in [0, 0.1) is 0 Å². The maximum atomic E-state index is 12.3. The third kappa shape index (κ3) is 4.51. The van der Waals surface area contributed by atoms with Crippen molar-refractivity contribution < 1.29 is 23.7 Å². The zero-order valence-electron chi connectivity index (χ0n) is 15.1. The average Bonchev–Trinajstić information content (AvgIpc) is 3.08. The van der Waals surface area contributed by atoms with E-state index in [9.17, 15) is 4.79 Å². The van der Waals surface area contributed by atoms with Crippen molar-refractivity contribution in [3.8, 4) is 23.0 Å². The summed E-state index contributed by atoms with van der Waals surface area (Å²) in [5.41, 5.74) is 3.65. The first-order valence-corrected chi connectivity index (χ1v) is 9.04. The number of rotatable bonds is 6. The highest BCUT2D eigenvalue weighted by Gasteiger charge is 2.16. The number of carbonyl (C=O) groups is 1. The Morgan fingerprint density at radius 2 is 1.96 bits per heavy atom. The van der Waals surface area contributed by atoms with E-state index in [2.05, 4.69) is 26.5 Å². The molecule has 1 aliphatic rings. The molecule has 7 nitrogen and oxygen atoms in total. The maximum Gasteiger partial charge on any atom is 0.271 e. The van der Waals surface area contributed by atoms with Crippen molar-refractivity contribution in [2.45, 2.75) is 20.0 Å². The Balaban J connectivity index is 1.70. The van der Waals surface area contributed by atoms with Crippen LogP contribution in [0.1, 0.15) is 29.8 Å². The number of nitrogens with zero attached hydrogens (tertiary/aromatic N) is 1. The number of hydrogen-bond acceptors (Lipinski definition) is 6. The van der Waals surface area contributed by atoms with Crippen LogP contribution in [0.4, 0.5) is 0 Å². The van der Waals surface area contributed by atoms with Gasteiger partial charge < -0.3 is 18.9 Å². The van der Waals surface area contributed by atoms with Crippen LogP contribution in [0.3, 0.4) is 0 Å². The maximum absolute atomic E-state index is 12.3. The van der Waals surface area contributed by atoms with Gasteiger partial charge in [-0.25, -0.2) is 5.43 Å². The zero-order valence-corrected chi connectivity index (χ0v) is 16.7. The summed E-state index contributed by atoms with van der Waals surface area (Å²) in [6, 6.07) is 8.54. The van der Waals surface area contributed by atoms with Crippen molar-refractivity contribution in [2.75, 3.05) is 13.9 Å². The molecule has 3 rings (SSSR count). The molecular weight excluding hydrogens is 416 g/mol. The van der Waals surface area contributed by atoms with Gasteiger partial charge in [0.1, 0.15) is 0 Å². The lowest BCUT2D eigenvalue weighted by Crippen LogP contribution is -2.18. The van der Waals surface area contributed by atoms with Gasteiger partial charge in [0.25, 0.3) is 5.91 Å². The molecule has 0 spiro atoms. The fourth-order valence-electron chi connectivity index (χ4n) is 2.42. The van der Waals surface area contributed by atoms with Gasteiger partial charge in [-0.1, -0.05) is 0 Å². The SMILES string of the molecule is COc1cc(C(=O)N/N=C/c2cc3c(cc2Br)OCO3)ccc1OC(C)C. The monoisotopic (exact) mass is 434 g/mol. The Morgan fingerprint density at radius 1 is 1.22 bits per heavy atom. The number of fused-ring (bicyclic) bond motifs is 1. The normalized spacial score (nSPS) is 12.5. The van der Waals surface area contributed by atoms with Gasteiger partial charge >= 0.3 is 0 Å². The first-order valence-electron chi connectivity index (χ1n) is 8.25. The van der Waals surface area contributed by atoms with Gasteiger partial charge in [-0.15, -0.1) is 0 Å². The molecule has 1 N–H and O–H groups in total. The number of methoxy groups -OCH3 is 1. The molecule has 0 saturated heterocycles. The molecule has 0 atom stereocenters. The van der Waals surface area contributed by atoms with Crippen molar-refractivity contribution >= 4 is 28.1 Å². The Labute approximate surface area is 165 Å². The van der Waals surface area contributed by atoms with Crippen LogP contribution in [-0.2, 0) is 0 Å². The number of halogens is 1. The van der Waals surface area contributed by atoms with E-state index in [1.807, 2.05) is 13.8 Å². The van der Waals surface area contributed by atoms with Crippen molar-refractivity contribution in [3.05, 3.63) is 45.9 Å². The average molecular weight is 435 g/mol.